The Balaban J connectivity index is 0.000000130. The van der Waals surface area contributed by atoms with E-state index in [1.165, 1.54) is 65.9 Å². The highest BCUT2D eigenvalue weighted by Gasteiger charge is 2.26. The molecule has 6 heterocycles. The first-order valence-electron chi connectivity index (χ1n) is 27.9. The van der Waals surface area contributed by atoms with Crippen LogP contribution < -0.4 is 0 Å². The highest BCUT2D eigenvalue weighted by Crippen LogP contribution is 2.47. The van der Waals surface area contributed by atoms with Crippen LogP contribution in [0.4, 0.5) is 0 Å². The molecule has 0 saturated carbocycles. The summed E-state index contributed by atoms with van der Waals surface area (Å²) in [7, 11) is 0. The van der Waals surface area contributed by atoms with E-state index in [4.69, 9.17) is 8.83 Å². The van der Waals surface area contributed by atoms with Gasteiger partial charge in [0.05, 0.1) is 43.9 Å². The van der Waals surface area contributed by atoms with Gasteiger partial charge in [-0.2, -0.15) is 0 Å². The lowest BCUT2D eigenvalue weighted by molar-refractivity contribution is 0.672. The molecule has 0 aliphatic heterocycles. The first kappa shape index (κ1) is 45.9. The minimum Gasteiger partial charge on any atom is -0.454 e. The molecule has 0 bridgehead atoms. The lowest BCUT2D eigenvalue weighted by Gasteiger charge is -2.11. The molecule has 0 N–H and O–H groups in total. The van der Waals surface area contributed by atoms with Crippen molar-refractivity contribution in [2.45, 2.75) is 0 Å². The van der Waals surface area contributed by atoms with E-state index >= 15 is 0 Å². The molecule has 18 aromatic rings. The average molecular weight is 1050 g/mol. The Morgan fingerprint density at radius 2 is 0.573 bits per heavy atom. The van der Waals surface area contributed by atoms with Gasteiger partial charge >= 0.3 is 0 Å². The van der Waals surface area contributed by atoms with Gasteiger partial charge in [0.15, 0.2) is 11.2 Å². The minimum atomic E-state index is 0.895. The standard InChI is InChI=1S/2C38H24N2O/c1-3-13-25(14-4-1)39-31-21-9-7-17-29(31)35-27(19-11-23-33(35)39)28-20-12-24-34-36(28)37-38(41-34)30-18-8-10-22-32(30)40(37)26-15-5-2-6-16-26;1-3-12-26(13-4-1)39-32-19-9-7-16-29(32)31-24-25(22-23-34(31)39)28-18-11-21-35-36(28)37-38(41-35)30-17-8-10-20-33(30)40(37)27-14-5-2-6-15-27/h2*1-24H. The molecule has 0 aliphatic rings. The number of para-hydroxylation sites is 8. The van der Waals surface area contributed by atoms with Crippen LogP contribution in [0.3, 0.4) is 0 Å². The molecule has 6 aromatic heterocycles. The van der Waals surface area contributed by atoms with Crippen molar-refractivity contribution in [3.05, 3.63) is 291 Å². The predicted molar refractivity (Wildman–Crippen MR) is 341 cm³/mol. The van der Waals surface area contributed by atoms with Crippen LogP contribution in [0.25, 0.3) is 155 Å². The molecule has 0 amide bonds. The van der Waals surface area contributed by atoms with Gasteiger partial charge in [0, 0.05) is 55.1 Å². The second kappa shape index (κ2) is 18.2. The molecule has 18 rings (SSSR count). The van der Waals surface area contributed by atoms with Crippen LogP contribution in [0.15, 0.2) is 300 Å². The van der Waals surface area contributed by atoms with Gasteiger partial charge in [0.25, 0.3) is 0 Å². The van der Waals surface area contributed by atoms with Crippen molar-refractivity contribution in [1.82, 2.24) is 18.3 Å². The number of fused-ring (bicyclic) bond motifs is 16. The van der Waals surface area contributed by atoms with E-state index in [0.717, 1.165) is 88.7 Å². The van der Waals surface area contributed by atoms with Crippen LogP contribution in [0.5, 0.6) is 0 Å². The van der Waals surface area contributed by atoms with Gasteiger partial charge in [-0.25, -0.2) is 0 Å². The molecule has 0 atom stereocenters. The second-order valence-corrected chi connectivity index (χ2v) is 21.1. The largest absolute Gasteiger partial charge is 0.454 e. The number of furan rings is 2. The summed E-state index contributed by atoms with van der Waals surface area (Å²) in [5.74, 6) is 0. The SMILES string of the molecule is c1ccc(-n2c3ccccc3c3c(-c4cccc5oc6c7ccccc7n(-c7ccccc7)c6c45)cccc32)cc1.c1ccc(-n2c3ccccc3c3cc(-c4cccc5oc6c7ccccc7n(-c7ccccc7)c6c45)ccc32)cc1. The Hall–Kier alpha value is -11.1. The van der Waals surface area contributed by atoms with Gasteiger partial charge in [0.1, 0.15) is 22.2 Å². The lowest BCUT2D eigenvalue weighted by atomic mass is 9.96. The van der Waals surface area contributed by atoms with Crippen LogP contribution in [0, 0.1) is 0 Å². The number of nitrogens with zero attached hydrogens (tertiary/aromatic N) is 4. The van der Waals surface area contributed by atoms with E-state index in [1.54, 1.807) is 0 Å². The fourth-order valence-electron chi connectivity index (χ4n) is 13.3. The first-order valence-corrected chi connectivity index (χ1v) is 27.9. The number of aromatic nitrogens is 4. The van der Waals surface area contributed by atoms with E-state index in [0.29, 0.717) is 0 Å². The molecule has 0 unspecified atom stereocenters. The smallest absolute Gasteiger partial charge is 0.161 e. The summed E-state index contributed by atoms with van der Waals surface area (Å²) in [5.41, 5.74) is 22.2. The van der Waals surface area contributed by atoms with Crippen molar-refractivity contribution < 1.29 is 8.83 Å². The summed E-state index contributed by atoms with van der Waals surface area (Å²) in [5, 5.41) is 9.47. The van der Waals surface area contributed by atoms with Gasteiger partial charge < -0.3 is 27.1 Å². The quantitative estimate of drug-likeness (QED) is 0.167. The Kier molecular flexibility index (Phi) is 10.2. The van der Waals surface area contributed by atoms with Crippen molar-refractivity contribution >= 4 is 110 Å². The van der Waals surface area contributed by atoms with Gasteiger partial charge in [0.2, 0.25) is 0 Å². The second-order valence-electron chi connectivity index (χ2n) is 21.1. The molecule has 0 fully saturated rings. The molecule has 0 radical (unpaired) electrons. The molecule has 6 nitrogen and oxygen atoms in total. The Morgan fingerprint density at radius 1 is 0.220 bits per heavy atom. The minimum absolute atomic E-state index is 0.895. The maximum atomic E-state index is 6.68. The monoisotopic (exact) mass is 1050 g/mol. The topological polar surface area (TPSA) is 46.0 Å². The van der Waals surface area contributed by atoms with E-state index in [9.17, 15) is 0 Å². The van der Waals surface area contributed by atoms with Gasteiger partial charge in [-0.1, -0.05) is 176 Å². The third-order valence-electron chi connectivity index (χ3n) is 16.6. The zero-order valence-electron chi connectivity index (χ0n) is 44.3. The first-order chi connectivity index (χ1) is 40.7. The summed E-state index contributed by atoms with van der Waals surface area (Å²) in [4.78, 5) is 0. The Morgan fingerprint density at radius 3 is 1.10 bits per heavy atom. The number of rotatable bonds is 6. The molecule has 0 spiro atoms. The normalized spacial score (nSPS) is 11.9. The van der Waals surface area contributed by atoms with Crippen LogP contribution in [-0.2, 0) is 0 Å². The summed E-state index contributed by atoms with van der Waals surface area (Å²) >= 11 is 0. The molecule has 0 aliphatic carbocycles. The Labute approximate surface area is 470 Å². The molecule has 82 heavy (non-hydrogen) atoms. The predicted octanol–water partition coefficient (Wildman–Crippen LogP) is 20.6. The maximum Gasteiger partial charge on any atom is 0.161 e. The highest BCUT2D eigenvalue weighted by atomic mass is 16.3. The van der Waals surface area contributed by atoms with Crippen LogP contribution in [0.1, 0.15) is 0 Å². The van der Waals surface area contributed by atoms with Crippen molar-refractivity contribution in [2.24, 2.45) is 0 Å². The fraction of sp³-hybridized carbons (Fsp3) is 0. The molecular weight excluding hydrogens is 1000 g/mol. The zero-order valence-corrected chi connectivity index (χ0v) is 44.3. The molecular formula is C76H48N4O2. The summed E-state index contributed by atoms with van der Waals surface area (Å²) < 4.78 is 22.7. The van der Waals surface area contributed by atoms with Crippen molar-refractivity contribution in [2.75, 3.05) is 0 Å². The van der Waals surface area contributed by atoms with Gasteiger partial charge in [-0.05, 0) is 138 Å². The van der Waals surface area contributed by atoms with Crippen molar-refractivity contribution in [3.8, 4) is 45.0 Å². The highest BCUT2D eigenvalue weighted by molar-refractivity contribution is 6.25. The zero-order chi connectivity index (χ0) is 53.8. The van der Waals surface area contributed by atoms with E-state index in [1.807, 2.05) is 0 Å². The molecule has 12 aromatic carbocycles. The van der Waals surface area contributed by atoms with Crippen LogP contribution >= 0.6 is 0 Å². The fourth-order valence-corrected chi connectivity index (χ4v) is 13.3. The number of hydrogen-bond donors (Lipinski definition) is 0. The number of hydrogen-bond acceptors (Lipinski definition) is 2. The average Bonchev–Trinajstić information content (AvgIpc) is 4.56. The van der Waals surface area contributed by atoms with Crippen LogP contribution in [0.2, 0.25) is 0 Å². The lowest BCUT2D eigenvalue weighted by Crippen LogP contribution is -1.94. The summed E-state index contributed by atoms with van der Waals surface area (Å²) in [6.45, 7) is 0. The van der Waals surface area contributed by atoms with Gasteiger partial charge in [-0.3, -0.25) is 0 Å². The summed E-state index contributed by atoms with van der Waals surface area (Å²) in [6, 6.07) is 103. The van der Waals surface area contributed by atoms with E-state index < -0.39 is 0 Å². The van der Waals surface area contributed by atoms with Crippen molar-refractivity contribution in [1.29, 1.82) is 0 Å². The third-order valence-corrected chi connectivity index (χ3v) is 16.6. The number of benzene rings is 12. The van der Waals surface area contributed by atoms with Gasteiger partial charge in [-0.15, -0.1) is 0 Å². The van der Waals surface area contributed by atoms with E-state index in [2.05, 4.69) is 309 Å². The summed E-state index contributed by atoms with van der Waals surface area (Å²) in [6.07, 6.45) is 0. The Bertz CT molecular complexity index is 5500. The maximum absolute atomic E-state index is 6.68. The van der Waals surface area contributed by atoms with E-state index in [-0.39, 0.29) is 0 Å². The molecule has 0 saturated heterocycles. The third kappa shape index (κ3) is 6.82. The van der Waals surface area contributed by atoms with Crippen molar-refractivity contribution in [3.63, 3.8) is 0 Å². The van der Waals surface area contributed by atoms with Crippen LogP contribution in [-0.4, -0.2) is 18.3 Å². The molecule has 384 valence electrons. The molecule has 6 heteroatoms.